The van der Waals surface area contributed by atoms with Gasteiger partial charge in [0.05, 0.1) is 17.3 Å². The second-order valence-corrected chi connectivity index (χ2v) is 7.65. The van der Waals surface area contributed by atoms with Crippen LogP contribution >= 0.6 is 11.6 Å². The summed E-state index contributed by atoms with van der Waals surface area (Å²) in [5.74, 6) is 0.435. The normalized spacial score (nSPS) is 11.0. The molecule has 4 rings (SSSR count). The lowest BCUT2D eigenvalue weighted by molar-refractivity contribution is 0.134. The van der Waals surface area contributed by atoms with Crippen molar-refractivity contribution in [3.8, 4) is 16.9 Å². The summed E-state index contributed by atoms with van der Waals surface area (Å²) in [4.78, 5) is 13.5. The Bertz CT molecular complexity index is 1260. The molecule has 164 valence electrons. The van der Waals surface area contributed by atoms with Crippen LogP contribution in [-0.2, 0) is 11.3 Å². The fourth-order valence-corrected chi connectivity index (χ4v) is 3.46. The van der Waals surface area contributed by atoms with Gasteiger partial charge in [0.15, 0.2) is 5.82 Å². The number of anilines is 2. The molecular formula is C23H22ClFN6O. The van der Waals surface area contributed by atoms with Crippen LogP contribution in [0.5, 0.6) is 0 Å². The highest BCUT2D eigenvalue weighted by Gasteiger charge is 2.16. The third-order valence-corrected chi connectivity index (χ3v) is 5.02. The van der Waals surface area contributed by atoms with E-state index in [2.05, 4.69) is 20.4 Å². The van der Waals surface area contributed by atoms with Crippen LogP contribution < -0.4 is 5.32 Å². The van der Waals surface area contributed by atoms with E-state index in [-0.39, 0.29) is 5.02 Å². The molecular weight excluding hydrogens is 431 g/mol. The predicted octanol–water partition coefficient (Wildman–Crippen LogP) is 5.41. The summed E-state index contributed by atoms with van der Waals surface area (Å²) in [7, 11) is 0. The summed E-state index contributed by atoms with van der Waals surface area (Å²) < 4.78 is 20.8. The first-order chi connectivity index (χ1) is 15.4. The van der Waals surface area contributed by atoms with Crippen molar-refractivity contribution in [1.29, 1.82) is 0 Å². The summed E-state index contributed by atoms with van der Waals surface area (Å²) in [5, 5.41) is 7.69. The third kappa shape index (κ3) is 4.76. The minimum atomic E-state index is -0.490. The molecule has 1 N–H and O–H groups in total. The van der Waals surface area contributed by atoms with Crippen molar-refractivity contribution >= 4 is 23.2 Å². The second kappa shape index (κ2) is 9.42. The number of nitrogens with zero attached hydrogens (tertiary/aromatic N) is 5. The van der Waals surface area contributed by atoms with E-state index in [1.54, 1.807) is 29.3 Å². The Balaban J connectivity index is 1.78. The van der Waals surface area contributed by atoms with Gasteiger partial charge in [0.1, 0.15) is 5.82 Å². The van der Waals surface area contributed by atoms with Crippen LogP contribution in [0.3, 0.4) is 0 Å². The molecule has 0 aliphatic carbocycles. The Kier molecular flexibility index (Phi) is 6.43. The number of aromatic nitrogens is 5. The molecule has 0 aliphatic heterocycles. The van der Waals surface area contributed by atoms with Crippen molar-refractivity contribution < 1.29 is 9.13 Å². The molecule has 7 nitrogen and oxygen atoms in total. The molecule has 0 amide bonds. The van der Waals surface area contributed by atoms with Crippen molar-refractivity contribution in [1.82, 2.24) is 24.7 Å². The highest BCUT2D eigenvalue weighted by molar-refractivity contribution is 6.31. The van der Waals surface area contributed by atoms with Gasteiger partial charge in [-0.2, -0.15) is 10.1 Å². The molecule has 0 saturated heterocycles. The molecule has 0 bridgehead atoms. The van der Waals surface area contributed by atoms with Crippen LogP contribution in [-0.4, -0.2) is 31.3 Å². The molecule has 0 fully saturated rings. The molecule has 1 aromatic carbocycles. The first-order valence-corrected chi connectivity index (χ1v) is 10.5. The zero-order valence-corrected chi connectivity index (χ0v) is 18.7. The van der Waals surface area contributed by atoms with E-state index in [9.17, 15) is 4.39 Å². The number of ether oxygens (including phenoxy) is 1. The minimum absolute atomic E-state index is 0.0163. The molecule has 9 heteroatoms. The number of pyridine rings is 1. The summed E-state index contributed by atoms with van der Waals surface area (Å²) >= 11 is 5.90. The van der Waals surface area contributed by atoms with Gasteiger partial charge >= 0.3 is 0 Å². The molecule has 0 radical (unpaired) electrons. The van der Waals surface area contributed by atoms with Gasteiger partial charge in [0.2, 0.25) is 5.95 Å². The number of aryl methyl sites for hydroxylation is 2. The van der Waals surface area contributed by atoms with E-state index >= 15 is 0 Å². The molecule has 4 aromatic rings. The molecule has 0 saturated carbocycles. The molecule has 3 aromatic heterocycles. The van der Waals surface area contributed by atoms with Gasteiger partial charge in [0.25, 0.3) is 0 Å². The van der Waals surface area contributed by atoms with Gasteiger partial charge in [0, 0.05) is 47.7 Å². The first-order valence-electron chi connectivity index (χ1n) is 10.1. The topological polar surface area (TPSA) is 77.8 Å². The molecule has 32 heavy (non-hydrogen) atoms. The standard InChI is InChI=1S/C23H22ClFN6O/c1-4-32-13-16-8-17(11-26-10-16)19-12-27-23(28-18-5-6-21(25)20(24)9-18)29-22(19)31-15(3)7-14(2)30-31/h5-12H,4,13H2,1-3H3,(H,27,28,29). The van der Waals surface area contributed by atoms with E-state index in [0.717, 1.165) is 28.1 Å². The van der Waals surface area contributed by atoms with Crippen molar-refractivity contribution in [2.75, 3.05) is 11.9 Å². The van der Waals surface area contributed by atoms with E-state index in [1.807, 2.05) is 32.9 Å². The maximum absolute atomic E-state index is 13.5. The third-order valence-electron chi connectivity index (χ3n) is 4.73. The minimum Gasteiger partial charge on any atom is -0.377 e. The van der Waals surface area contributed by atoms with Gasteiger partial charge in [-0.3, -0.25) is 4.98 Å². The Morgan fingerprint density at radius 2 is 1.97 bits per heavy atom. The van der Waals surface area contributed by atoms with E-state index in [1.165, 1.54) is 12.1 Å². The van der Waals surface area contributed by atoms with E-state index in [0.29, 0.717) is 30.7 Å². The van der Waals surface area contributed by atoms with Crippen molar-refractivity contribution in [2.24, 2.45) is 0 Å². The number of benzene rings is 1. The van der Waals surface area contributed by atoms with Crippen LogP contribution in [0.4, 0.5) is 16.0 Å². The lowest BCUT2D eigenvalue weighted by atomic mass is 10.1. The largest absolute Gasteiger partial charge is 0.377 e. The molecule has 3 heterocycles. The maximum Gasteiger partial charge on any atom is 0.229 e. The van der Waals surface area contributed by atoms with Crippen LogP contribution in [0.2, 0.25) is 5.02 Å². The van der Waals surface area contributed by atoms with Crippen LogP contribution in [0.15, 0.2) is 48.9 Å². The number of hydrogen-bond donors (Lipinski definition) is 1. The van der Waals surface area contributed by atoms with Crippen LogP contribution in [0.1, 0.15) is 23.9 Å². The Labute approximate surface area is 190 Å². The summed E-state index contributed by atoms with van der Waals surface area (Å²) in [6.45, 7) is 6.93. The van der Waals surface area contributed by atoms with Crippen LogP contribution in [0, 0.1) is 19.7 Å². The lowest BCUT2D eigenvalue weighted by Crippen LogP contribution is -2.08. The molecule has 0 spiro atoms. The fraction of sp³-hybridized carbons (Fsp3) is 0.217. The van der Waals surface area contributed by atoms with Crippen molar-refractivity contribution in [2.45, 2.75) is 27.4 Å². The van der Waals surface area contributed by atoms with Crippen LogP contribution in [0.25, 0.3) is 16.9 Å². The Hall–Kier alpha value is -3.36. The van der Waals surface area contributed by atoms with E-state index in [4.69, 9.17) is 21.3 Å². The van der Waals surface area contributed by atoms with Gasteiger partial charge in [-0.25, -0.2) is 14.1 Å². The van der Waals surface area contributed by atoms with E-state index < -0.39 is 5.82 Å². The monoisotopic (exact) mass is 452 g/mol. The number of rotatable bonds is 7. The molecule has 0 unspecified atom stereocenters. The summed E-state index contributed by atoms with van der Waals surface area (Å²) in [6, 6.07) is 8.32. The maximum atomic E-state index is 13.5. The number of halogens is 2. The first kappa shape index (κ1) is 21.9. The second-order valence-electron chi connectivity index (χ2n) is 7.24. The average molecular weight is 453 g/mol. The predicted molar refractivity (Wildman–Crippen MR) is 122 cm³/mol. The molecule has 0 aliphatic rings. The number of nitrogens with one attached hydrogen (secondary N) is 1. The van der Waals surface area contributed by atoms with Gasteiger partial charge in [-0.1, -0.05) is 11.6 Å². The Morgan fingerprint density at radius 1 is 1.12 bits per heavy atom. The van der Waals surface area contributed by atoms with Gasteiger partial charge in [-0.15, -0.1) is 0 Å². The highest BCUT2D eigenvalue weighted by atomic mass is 35.5. The van der Waals surface area contributed by atoms with Gasteiger partial charge < -0.3 is 10.1 Å². The lowest BCUT2D eigenvalue weighted by Gasteiger charge is -2.13. The average Bonchev–Trinajstić information content (AvgIpc) is 3.12. The SMILES string of the molecule is CCOCc1cncc(-c2cnc(Nc3ccc(F)c(Cl)c3)nc2-n2nc(C)cc2C)c1. The van der Waals surface area contributed by atoms with Gasteiger partial charge in [-0.05, 0) is 56.7 Å². The van der Waals surface area contributed by atoms with Crippen molar-refractivity contribution in [3.63, 3.8) is 0 Å². The smallest absolute Gasteiger partial charge is 0.229 e. The van der Waals surface area contributed by atoms with Crippen molar-refractivity contribution in [3.05, 3.63) is 76.7 Å². The number of hydrogen-bond acceptors (Lipinski definition) is 6. The summed E-state index contributed by atoms with van der Waals surface area (Å²) in [5.41, 5.74) is 4.94. The zero-order chi connectivity index (χ0) is 22.7. The quantitative estimate of drug-likeness (QED) is 0.403. The highest BCUT2D eigenvalue weighted by Crippen LogP contribution is 2.28. The summed E-state index contributed by atoms with van der Waals surface area (Å²) in [6.07, 6.45) is 5.25. The Morgan fingerprint density at radius 3 is 2.69 bits per heavy atom. The zero-order valence-electron chi connectivity index (χ0n) is 17.9. The molecule has 0 atom stereocenters. The fourth-order valence-electron chi connectivity index (χ4n) is 3.28.